The molecule has 1 aromatic heterocycles. The van der Waals surface area contributed by atoms with Crippen LogP contribution in [0.4, 0.5) is 0 Å². The summed E-state index contributed by atoms with van der Waals surface area (Å²) in [5, 5.41) is 3.39. The van der Waals surface area contributed by atoms with E-state index in [2.05, 4.69) is 10.3 Å². The minimum Gasteiger partial charge on any atom is -0.493 e. The van der Waals surface area contributed by atoms with E-state index >= 15 is 0 Å². The van der Waals surface area contributed by atoms with Crippen molar-refractivity contribution in [2.75, 3.05) is 7.11 Å². The van der Waals surface area contributed by atoms with Crippen LogP contribution in [0.25, 0.3) is 0 Å². The third-order valence-corrected chi connectivity index (χ3v) is 3.83. The van der Waals surface area contributed by atoms with Crippen molar-refractivity contribution in [2.24, 2.45) is 0 Å². The van der Waals surface area contributed by atoms with Gasteiger partial charge in [-0.1, -0.05) is 42.5 Å². The molecule has 3 aromatic rings. The highest BCUT2D eigenvalue weighted by molar-refractivity contribution is 5.85. The molecule has 0 radical (unpaired) electrons. The van der Waals surface area contributed by atoms with Gasteiger partial charge in [0.05, 0.1) is 12.8 Å². The second kappa shape index (κ2) is 10.4. The van der Waals surface area contributed by atoms with E-state index in [9.17, 15) is 0 Å². The Morgan fingerprint density at radius 1 is 0.846 bits per heavy atom. The highest BCUT2D eigenvalue weighted by Crippen LogP contribution is 2.28. The van der Waals surface area contributed by atoms with Crippen molar-refractivity contribution in [1.82, 2.24) is 10.3 Å². The number of hydrogen-bond acceptors (Lipinski definition) is 4. The van der Waals surface area contributed by atoms with E-state index in [-0.39, 0.29) is 12.4 Å². The molecule has 136 valence electrons. The summed E-state index contributed by atoms with van der Waals surface area (Å²) in [6.07, 6.45) is 1.80. The minimum atomic E-state index is 0. The normalized spacial score (nSPS) is 10.0. The Labute approximate surface area is 160 Å². The van der Waals surface area contributed by atoms with Crippen LogP contribution in [-0.2, 0) is 19.7 Å². The standard InChI is InChI=1S/C21H22N2O2.ClH/c1-24-21-13-18(14-22-15-19-9-5-6-12-23-19)10-11-20(21)25-16-17-7-3-2-4-8-17;/h2-13,22H,14-16H2,1H3;1H. The lowest BCUT2D eigenvalue weighted by Crippen LogP contribution is -2.13. The summed E-state index contributed by atoms with van der Waals surface area (Å²) in [5.41, 5.74) is 3.29. The summed E-state index contributed by atoms with van der Waals surface area (Å²) < 4.78 is 11.4. The van der Waals surface area contributed by atoms with Crippen molar-refractivity contribution in [3.05, 3.63) is 89.7 Å². The van der Waals surface area contributed by atoms with Gasteiger partial charge in [0.15, 0.2) is 11.5 Å². The molecule has 0 fully saturated rings. The van der Waals surface area contributed by atoms with Gasteiger partial charge in [-0.25, -0.2) is 0 Å². The van der Waals surface area contributed by atoms with Crippen LogP contribution in [0.2, 0.25) is 0 Å². The molecule has 0 amide bonds. The smallest absolute Gasteiger partial charge is 0.161 e. The van der Waals surface area contributed by atoms with Gasteiger partial charge in [0.2, 0.25) is 0 Å². The number of ether oxygens (including phenoxy) is 2. The molecule has 0 saturated carbocycles. The zero-order valence-corrected chi connectivity index (χ0v) is 15.5. The first kappa shape index (κ1) is 19.8. The summed E-state index contributed by atoms with van der Waals surface area (Å²) in [7, 11) is 1.66. The van der Waals surface area contributed by atoms with Crippen LogP contribution in [0.3, 0.4) is 0 Å². The number of halogens is 1. The van der Waals surface area contributed by atoms with Crippen LogP contribution in [0, 0.1) is 0 Å². The first-order valence-corrected chi connectivity index (χ1v) is 8.29. The summed E-state index contributed by atoms with van der Waals surface area (Å²) in [4.78, 5) is 4.30. The van der Waals surface area contributed by atoms with E-state index in [1.165, 1.54) is 0 Å². The van der Waals surface area contributed by atoms with Crippen molar-refractivity contribution in [2.45, 2.75) is 19.7 Å². The number of rotatable bonds is 8. The Morgan fingerprint density at radius 2 is 1.65 bits per heavy atom. The van der Waals surface area contributed by atoms with Crippen molar-refractivity contribution < 1.29 is 9.47 Å². The Balaban J connectivity index is 0.00000243. The number of methoxy groups -OCH3 is 1. The highest BCUT2D eigenvalue weighted by Gasteiger charge is 2.06. The highest BCUT2D eigenvalue weighted by atomic mass is 35.5. The molecule has 0 aliphatic carbocycles. The van der Waals surface area contributed by atoms with E-state index in [4.69, 9.17) is 9.47 Å². The van der Waals surface area contributed by atoms with Gasteiger partial charge in [-0.3, -0.25) is 4.98 Å². The van der Waals surface area contributed by atoms with Gasteiger partial charge in [0.25, 0.3) is 0 Å². The van der Waals surface area contributed by atoms with Crippen molar-refractivity contribution in [3.63, 3.8) is 0 Å². The van der Waals surface area contributed by atoms with Crippen molar-refractivity contribution in [1.29, 1.82) is 0 Å². The third kappa shape index (κ3) is 5.76. The van der Waals surface area contributed by atoms with E-state index in [0.29, 0.717) is 6.61 Å². The van der Waals surface area contributed by atoms with Crippen LogP contribution in [0.5, 0.6) is 11.5 Å². The second-order valence-electron chi connectivity index (χ2n) is 5.68. The van der Waals surface area contributed by atoms with Crippen LogP contribution < -0.4 is 14.8 Å². The lowest BCUT2D eigenvalue weighted by Gasteiger charge is -2.13. The van der Waals surface area contributed by atoms with Crippen LogP contribution in [0.15, 0.2) is 72.9 Å². The number of nitrogens with zero attached hydrogens (tertiary/aromatic N) is 1. The Kier molecular flexibility index (Phi) is 7.93. The molecular formula is C21H23ClN2O2. The largest absolute Gasteiger partial charge is 0.493 e. The summed E-state index contributed by atoms with van der Waals surface area (Å²) in [5.74, 6) is 1.49. The van der Waals surface area contributed by atoms with Gasteiger partial charge in [-0.15, -0.1) is 12.4 Å². The molecule has 0 bridgehead atoms. The Bertz CT molecular complexity index is 783. The average Bonchev–Trinajstić information content (AvgIpc) is 2.68. The molecular weight excluding hydrogens is 348 g/mol. The zero-order chi connectivity index (χ0) is 17.3. The molecule has 0 atom stereocenters. The van der Waals surface area contributed by atoms with Crippen molar-refractivity contribution in [3.8, 4) is 11.5 Å². The Morgan fingerprint density at radius 3 is 2.38 bits per heavy atom. The molecule has 0 saturated heterocycles. The maximum atomic E-state index is 5.89. The van der Waals surface area contributed by atoms with Gasteiger partial charge < -0.3 is 14.8 Å². The summed E-state index contributed by atoms with van der Waals surface area (Å²) in [6.45, 7) is 2.00. The maximum Gasteiger partial charge on any atom is 0.161 e. The summed E-state index contributed by atoms with van der Waals surface area (Å²) >= 11 is 0. The molecule has 0 unspecified atom stereocenters. The van der Waals surface area contributed by atoms with E-state index in [1.807, 2.05) is 66.7 Å². The van der Waals surface area contributed by atoms with E-state index in [0.717, 1.165) is 41.4 Å². The quantitative estimate of drug-likeness (QED) is 0.639. The monoisotopic (exact) mass is 370 g/mol. The second-order valence-corrected chi connectivity index (χ2v) is 5.68. The molecule has 26 heavy (non-hydrogen) atoms. The van der Waals surface area contributed by atoms with Gasteiger partial charge >= 0.3 is 0 Å². The number of pyridine rings is 1. The molecule has 4 nitrogen and oxygen atoms in total. The van der Waals surface area contributed by atoms with Crippen LogP contribution >= 0.6 is 12.4 Å². The lowest BCUT2D eigenvalue weighted by molar-refractivity contribution is 0.284. The maximum absolute atomic E-state index is 5.89. The van der Waals surface area contributed by atoms with E-state index in [1.54, 1.807) is 13.3 Å². The number of aromatic nitrogens is 1. The molecule has 0 spiro atoms. The predicted molar refractivity (Wildman–Crippen MR) is 106 cm³/mol. The van der Waals surface area contributed by atoms with Crippen LogP contribution in [-0.4, -0.2) is 12.1 Å². The molecule has 3 rings (SSSR count). The third-order valence-electron chi connectivity index (χ3n) is 3.83. The number of nitrogens with one attached hydrogen (secondary N) is 1. The first-order chi connectivity index (χ1) is 12.3. The molecule has 2 aromatic carbocycles. The van der Waals surface area contributed by atoms with Crippen molar-refractivity contribution >= 4 is 12.4 Å². The molecule has 1 heterocycles. The van der Waals surface area contributed by atoms with Gasteiger partial charge in [0, 0.05) is 19.3 Å². The van der Waals surface area contributed by atoms with Crippen LogP contribution in [0.1, 0.15) is 16.8 Å². The fraction of sp³-hybridized carbons (Fsp3) is 0.190. The molecule has 5 heteroatoms. The SMILES string of the molecule is COc1cc(CNCc2ccccn2)ccc1OCc1ccccc1.Cl. The average molecular weight is 371 g/mol. The number of hydrogen-bond donors (Lipinski definition) is 1. The fourth-order valence-electron chi connectivity index (χ4n) is 2.51. The van der Waals surface area contributed by atoms with E-state index < -0.39 is 0 Å². The topological polar surface area (TPSA) is 43.4 Å². The lowest BCUT2D eigenvalue weighted by atomic mass is 10.2. The molecule has 0 aliphatic heterocycles. The van der Waals surface area contributed by atoms with Gasteiger partial charge in [-0.2, -0.15) is 0 Å². The zero-order valence-electron chi connectivity index (χ0n) is 14.7. The fourth-order valence-corrected chi connectivity index (χ4v) is 2.51. The predicted octanol–water partition coefficient (Wildman–Crippen LogP) is 4.38. The first-order valence-electron chi connectivity index (χ1n) is 8.29. The molecule has 0 aliphatic rings. The Hall–Kier alpha value is -2.56. The molecule has 1 N–H and O–H groups in total. The van der Waals surface area contributed by atoms with Gasteiger partial charge in [0.1, 0.15) is 6.61 Å². The summed E-state index contributed by atoms with van der Waals surface area (Å²) in [6, 6.07) is 22.0. The number of benzene rings is 2. The minimum absolute atomic E-state index is 0. The van der Waals surface area contributed by atoms with Gasteiger partial charge in [-0.05, 0) is 35.4 Å².